The molecule has 1 aliphatic heterocycles. The molecule has 1 aliphatic rings. The maximum atomic E-state index is 12.8. The number of sulfonamides is 1. The molecule has 1 saturated heterocycles. The smallest absolute Gasteiger partial charge is 0.252 e. The molecule has 21 heavy (non-hydrogen) atoms. The van der Waals surface area contributed by atoms with Gasteiger partial charge < -0.3 is 5.32 Å². The van der Waals surface area contributed by atoms with E-state index in [1.54, 1.807) is 10.4 Å². The molecule has 0 aliphatic carbocycles. The van der Waals surface area contributed by atoms with E-state index in [0.29, 0.717) is 11.4 Å². The standard InChI is InChI=1S/C14H21N3O2S2/c1-11(2)17(10-12-5-3-4-8-16-12)21(18,19)14-7-6-13(9-15)20-14/h6-7,11-12,16H,3-5,8,10H2,1-2H3. The summed E-state index contributed by atoms with van der Waals surface area (Å²) in [6.45, 7) is 5.21. The fourth-order valence-corrected chi connectivity index (χ4v) is 5.43. The summed E-state index contributed by atoms with van der Waals surface area (Å²) in [5.74, 6) is 0. The van der Waals surface area contributed by atoms with Gasteiger partial charge in [-0.05, 0) is 45.4 Å². The third-order valence-corrected chi connectivity index (χ3v) is 7.14. The molecule has 0 saturated carbocycles. The van der Waals surface area contributed by atoms with Crippen LogP contribution in [0.4, 0.5) is 0 Å². The lowest BCUT2D eigenvalue weighted by atomic mass is 10.1. The van der Waals surface area contributed by atoms with E-state index in [9.17, 15) is 8.42 Å². The Labute approximate surface area is 130 Å². The molecule has 7 heteroatoms. The highest BCUT2D eigenvalue weighted by atomic mass is 32.2. The summed E-state index contributed by atoms with van der Waals surface area (Å²) in [6, 6.07) is 5.20. The monoisotopic (exact) mass is 327 g/mol. The predicted molar refractivity (Wildman–Crippen MR) is 83.7 cm³/mol. The first-order valence-electron chi connectivity index (χ1n) is 7.20. The summed E-state index contributed by atoms with van der Waals surface area (Å²) >= 11 is 1.04. The van der Waals surface area contributed by atoms with E-state index in [1.165, 1.54) is 6.07 Å². The zero-order valence-corrected chi connectivity index (χ0v) is 14.0. The minimum Gasteiger partial charge on any atom is -0.313 e. The Balaban J connectivity index is 2.21. The van der Waals surface area contributed by atoms with Crippen LogP contribution in [0, 0.1) is 11.3 Å². The van der Waals surface area contributed by atoms with E-state index in [-0.39, 0.29) is 16.3 Å². The van der Waals surface area contributed by atoms with Crippen LogP contribution in [-0.4, -0.2) is 37.9 Å². The van der Waals surface area contributed by atoms with Crippen molar-refractivity contribution in [3.8, 4) is 6.07 Å². The molecule has 5 nitrogen and oxygen atoms in total. The van der Waals surface area contributed by atoms with Gasteiger partial charge in [0.25, 0.3) is 10.0 Å². The highest BCUT2D eigenvalue weighted by Crippen LogP contribution is 2.26. The van der Waals surface area contributed by atoms with Crippen LogP contribution in [-0.2, 0) is 10.0 Å². The molecule has 1 aromatic heterocycles. The molecular formula is C14H21N3O2S2. The van der Waals surface area contributed by atoms with Crippen molar-refractivity contribution < 1.29 is 8.42 Å². The summed E-state index contributed by atoms with van der Waals surface area (Å²) in [7, 11) is -3.53. The number of thiophene rings is 1. The summed E-state index contributed by atoms with van der Waals surface area (Å²) in [5, 5.41) is 12.3. The molecule has 2 rings (SSSR count). The zero-order chi connectivity index (χ0) is 15.5. The van der Waals surface area contributed by atoms with Crippen LogP contribution in [0.25, 0.3) is 0 Å². The van der Waals surface area contributed by atoms with Crippen molar-refractivity contribution in [3.63, 3.8) is 0 Å². The van der Waals surface area contributed by atoms with Crippen molar-refractivity contribution in [2.75, 3.05) is 13.1 Å². The van der Waals surface area contributed by atoms with Gasteiger partial charge >= 0.3 is 0 Å². The van der Waals surface area contributed by atoms with Crippen molar-refractivity contribution in [1.29, 1.82) is 5.26 Å². The van der Waals surface area contributed by atoms with Crippen molar-refractivity contribution in [2.45, 2.75) is 49.4 Å². The Hall–Kier alpha value is -0.940. The average Bonchev–Trinajstić information content (AvgIpc) is 2.95. The maximum absolute atomic E-state index is 12.8. The normalized spacial score (nSPS) is 19.9. The summed E-state index contributed by atoms with van der Waals surface area (Å²) in [5.41, 5.74) is 0. The summed E-state index contributed by atoms with van der Waals surface area (Å²) < 4.78 is 27.3. The lowest BCUT2D eigenvalue weighted by Gasteiger charge is -2.32. The van der Waals surface area contributed by atoms with Gasteiger partial charge in [0.15, 0.2) is 0 Å². The molecule has 1 aromatic rings. The molecule has 0 amide bonds. The molecule has 116 valence electrons. The first-order valence-corrected chi connectivity index (χ1v) is 9.46. The molecular weight excluding hydrogens is 306 g/mol. The Bertz CT molecular complexity index is 610. The Morgan fingerprint density at radius 2 is 2.24 bits per heavy atom. The van der Waals surface area contributed by atoms with Crippen LogP contribution in [0.5, 0.6) is 0 Å². The Morgan fingerprint density at radius 3 is 2.76 bits per heavy atom. The second kappa shape index (κ2) is 6.88. The number of nitriles is 1. The van der Waals surface area contributed by atoms with Crippen LogP contribution in [0.3, 0.4) is 0 Å². The molecule has 0 radical (unpaired) electrons. The largest absolute Gasteiger partial charge is 0.313 e. The molecule has 1 atom stereocenters. The topological polar surface area (TPSA) is 73.2 Å². The van der Waals surface area contributed by atoms with Gasteiger partial charge in [0.2, 0.25) is 0 Å². The number of piperidine rings is 1. The van der Waals surface area contributed by atoms with Gasteiger partial charge in [-0.15, -0.1) is 11.3 Å². The lowest BCUT2D eigenvalue weighted by Crippen LogP contribution is -2.48. The van der Waals surface area contributed by atoms with Crippen LogP contribution < -0.4 is 5.32 Å². The number of hydrogen-bond acceptors (Lipinski definition) is 5. The van der Waals surface area contributed by atoms with Crippen LogP contribution in [0.2, 0.25) is 0 Å². The molecule has 0 spiro atoms. The summed E-state index contributed by atoms with van der Waals surface area (Å²) in [6.07, 6.45) is 3.30. The second-order valence-electron chi connectivity index (χ2n) is 5.55. The quantitative estimate of drug-likeness (QED) is 0.899. The molecule has 2 heterocycles. The first kappa shape index (κ1) is 16.4. The lowest BCUT2D eigenvalue weighted by molar-refractivity contribution is 0.283. The minimum absolute atomic E-state index is 0.105. The van der Waals surface area contributed by atoms with Gasteiger partial charge in [0.05, 0.1) is 0 Å². The van der Waals surface area contributed by atoms with E-state index in [0.717, 1.165) is 37.1 Å². The zero-order valence-electron chi connectivity index (χ0n) is 12.4. The van der Waals surface area contributed by atoms with Crippen molar-refractivity contribution in [1.82, 2.24) is 9.62 Å². The van der Waals surface area contributed by atoms with Crippen LogP contribution >= 0.6 is 11.3 Å². The number of nitrogens with zero attached hydrogens (tertiary/aromatic N) is 2. The molecule has 1 N–H and O–H groups in total. The average molecular weight is 327 g/mol. The molecule has 1 fully saturated rings. The molecule has 0 bridgehead atoms. The summed E-state index contributed by atoms with van der Waals surface area (Å²) in [4.78, 5) is 0.424. The van der Waals surface area contributed by atoms with Gasteiger partial charge in [-0.25, -0.2) is 8.42 Å². The number of nitrogens with one attached hydrogen (secondary N) is 1. The van der Waals surface area contributed by atoms with E-state index in [2.05, 4.69) is 5.32 Å². The Morgan fingerprint density at radius 1 is 1.48 bits per heavy atom. The fraction of sp³-hybridized carbons (Fsp3) is 0.643. The number of rotatable bonds is 5. The third kappa shape index (κ3) is 3.83. The van der Waals surface area contributed by atoms with Crippen molar-refractivity contribution in [2.24, 2.45) is 0 Å². The van der Waals surface area contributed by atoms with Gasteiger partial charge in [-0.2, -0.15) is 9.57 Å². The second-order valence-corrected chi connectivity index (χ2v) is 8.75. The van der Waals surface area contributed by atoms with E-state index in [1.807, 2.05) is 19.9 Å². The van der Waals surface area contributed by atoms with E-state index in [4.69, 9.17) is 5.26 Å². The molecule has 1 unspecified atom stereocenters. The van der Waals surface area contributed by atoms with Gasteiger partial charge in [-0.1, -0.05) is 6.42 Å². The molecule has 0 aromatic carbocycles. The van der Waals surface area contributed by atoms with E-state index >= 15 is 0 Å². The maximum Gasteiger partial charge on any atom is 0.252 e. The van der Waals surface area contributed by atoms with Crippen molar-refractivity contribution in [3.05, 3.63) is 17.0 Å². The third-order valence-electron chi connectivity index (χ3n) is 3.64. The minimum atomic E-state index is -3.53. The van der Waals surface area contributed by atoms with Gasteiger partial charge in [-0.3, -0.25) is 0 Å². The van der Waals surface area contributed by atoms with Crippen LogP contribution in [0.1, 0.15) is 38.0 Å². The van der Waals surface area contributed by atoms with E-state index < -0.39 is 10.0 Å². The highest BCUT2D eigenvalue weighted by molar-refractivity contribution is 7.91. The predicted octanol–water partition coefficient (Wildman–Crippen LogP) is 2.16. The van der Waals surface area contributed by atoms with Crippen LogP contribution in [0.15, 0.2) is 16.3 Å². The van der Waals surface area contributed by atoms with Gasteiger partial charge in [0, 0.05) is 18.6 Å². The number of hydrogen-bond donors (Lipinski definition) is 1. The Kier molecular flexibility index (Phi) is 5.38. The highest BCUT2D eigenvalue weighted by Gasteiger charge is 2.31. The SMILES string of the molecule is CC(C)N(CC1CCCCN1)S(=O)(=O)c1ccc(C#N)s1. The fourth-order valence-electron chi connectivity index (χ4n) is 2.52. The van der Waals surface area contributed by atoms with Gasteiger partial charge in [0.1, 0.15) is 15.2 Å². The first-order chi connectivity index (χ1) is 9.95. The van der Waals surface area contributed by atoms with Crippen molar-refractivity contribution >= 4 is 21.4 Å².